The van der Waals surface area contributed by atoms with Crippen LogP contribution in [0.25, 0.3) is 0 Å². The second kappa shape index (κ2) is 6.75. The van der Waals surface area contributed by atoms with Gasteiger partial charge in [0.15, 0.2) is 0 Å². The Hall–Kier alpha value is -2.47. The largest absolute Gasteiger partial charge is 0.352 e. The minimum Gasteiger partial charge on any atom is -0.352 e. The second-order valence-corrected chi connectivity index (χ2v) is 5.83. The molecular formula is C17H17N3O2S. The average Bonchev–Trinajstić information content (AvgIpc) is 2.56. The van der Waals surface area contributed by atoms with Crippen LogP contribution >= 0.6 is 12.2 Å². The maximum absolute atomic E-state index is 12.3. The molecule has 6 heteroatoms. The summed E-state index contributed by atoms with van der Waals surface area (Å²) in [7, 11) is 0. The number of H-pyrrole nitrogens is 1. The van der Waals surface area contributed by atoms with Gasteiger partial charge in [0.05, 0.1) is 5.56 Å². The van der Waals surface area contributed by atoms with Gasteiger partial charge in [-0.15, -0.1) is 0 Å². The number of carbonyl (C=O) groups excluding carboxylic acids is 2. The van der Waals surface area contributed by atoms with E-state index < -0.39 is 0 Å². The first kappa shape index (κ1) is 15.4. The molecule has 118 valence electrons. The number of carbonyl (C=O) groups is 2. The Labute approximate surface area is 139 Å². The Balaban J connectivity index is 1.80. The smallest absolute Gasteiger partial charge is 0.258 e. The van der Waals surface area contributed by atoms with E-state index >= 15 is 0 Å². The van der Waals surface area contributed by atoms with E-state index in [1.54, 1.807) is 29.3 Å². The number of amides is 2. The van der Waals surface area contributed by atoms with Crippen molar-refractivity contribution in [3.8, 4) is 0 Å². The van der Waals surface area contributed by atoms with Gasteiger partial charge in [-0.1, -0.05) is 18.3 Å². The third-order valence-electron chi connectivity index (χ3n) is 3.80. The van der Waals surface area contributed by atoms with Crippen molar-refractivity contribution >= 4 is 35.4 Å². The Morgan fingerprint density at radius 2 is 2.09 bits per heavy atom. The number of rotatable bonds is 3. The second-order valence-electron chi connectivity index (χ2n) is 5.42. The molecule has 0 atom stereocenters. The number of pyridine rings is 1. The highest BCUT2D eigenvalue weighted by Crippen LogP contribution is 2.24. The predicted molar refractivity (Wildman–Crippen MR) is 92.2 cm³/mol. The standard InChI is InChI=1S/C17H17N3O2S/c21-15-8-1-2-10-20(15)13-6-3-5-12(11-13)19-16(22)14-7-4-9-18-17(14)23/h3-7,9,11H,1-2,8,10H2,(H,18,23)(H,19,22). The summed E-state index contributed by atoms with van der Waals surface area (Å²) < 4.78 is 0.396. The van der Waals surface area contributed by atoms with Crippen LogP contribution in [-0.4, -0.2) is 23.3 Å². The van der Waals surface area contributed by atoms with Crippen LogP contribution in [0, 0.1) is 4.64 Å². The third kappa shape index (κ3) is 3.48. The molecule has 3 rings (SSSR count). The number of benzene rings is 1. The van der Waals surface area contributed by atoms with Crippen LogP contribution in [0.2, 0.25) is 0 Å². The SMILES string of the molecule is O=C(Nc1cccc(N2CCCCC2=O)c1)c1ccc[nH]c1=S. The molecule has 0 radical (unpaired) electrons. The molecule has 1 fully saturated rings. The average molecular weight is 327 g/mol. The maximum Gasteiger partial charge on any atom is 0.258 e. The summed E-state index contributed by atoms with van der Waals surface area (Å²) in [5, 5.41) is 2.83. The third-order valence-corrected chi connectivity index (χ3v) is 4.14. The lowest BCUT2D eigenvalue weighted by Crippen LogP contribution is -2.35. The van der Waals surface area contributed by atoms with Crippen LogP contribution in [0.1, 0.15) is 29.6 Å². The van der Waals surface area contributed by atoms with Crippen LogP contribution in [0.15, 0.2) is 42.6 Å². The van der Waals surface area contributed by atoms with Gasteiger partial charge in [0.2, 0.25) is 5.91 Å². The molecule has 2 aromatic rings. The topological polar surface area (TPSA) is 65.2 Å². The Kier molecular flexibility index (Phi) is 4.52. The van der Waals surface area contributed by atoms with E-state index in [2.05, 4.69) is 10.3 Å². The van der Waals surface area contributed by atoms with Gasteiger partial charge in [-0.25, -0.2) is 0 Å². The molecule has 5 nitrogen and oxygen atoms in total. The van der Waals surface area contributed by atoms with E-state index in [1.165, 1.54) is 0 Å². The molecule has 2 amide bonds. The van der Waals surface area contributed by atoms with Crippen molar-refractivity contribution in [1.29, 1.82) is 0 Å². The molecule has 0 unspecified atom stereocenters. The molecule has 0 spiro atoms. The molecule has 1 aliphatic heterocycles. The summed E-state index contributed by atoms with van der Waals surface area (Å²) in [6.45, 7) is 0.722. The quantitative estimate of drug-likeness (QED) is 0.848. The van der Waals surface area contributed by atoms with Gasteiger partial charge >= 0.3 is 0 Å². The normalized spacial score (nSPS) is 14.6. The highest BCUT2D eigenvalue weighted by atomic mass is 32.1. The van der Waals surface area contributed by atoms with Gasteiger partial charge in [0.1, 0.15) is 4.64 Å². The van der Waals surface area contributed by atoms with Crippen LogP contribution in [-0.2, 0) is 4.79 Å². The van der Waals surface area contributed by atoms with E-state index in [-0.39, 0.29) is 11.8 Å². The maximum atomic E-state index is 12.3. The lowest BCUT2D eigenvalue weighted by molar-refractivity contribution is -0.119. The van der Waals surface area contributed by atoms with Crippen molar-refractivity contribution < 1.29 is 9.59 Å². The fraction of sp³-hybridized carbons (Fsp3) is 0.235. The zero-order chi connectivity index (χ0) is 16.2. The summed E-state index contributed by atoms with van der Waals surface area (Å²) in [6, 6.07) is 10.7. The van der Waals surface area contributed by atoms with Gasteiger partial charge in [0, 0.05) is 30.5 Å². The first-order valence-electron chi connectivity index (χ1n) is 7.54. The van der Waals surface area contributed by atoms with Crippen molar-refractivity contribution in [3.63, 3.8) is 0 Å². The molecule has 0 aliphatic carbocycles. The van der Waals surface area contributed by atoms with Crippen molar-refractivity contribution in [2.45, 2.75) is 19.3 Å². The first-order valence-corrected chi connectivity index (χ1v) is 7.95. The summed E-state index contributed by atoms with van der Waals surface area (Å²) >= 11 is 5.12. The van der Waals surface area contributed by atoms with Crippen molar-refractivity contribution in [3.05, 3.63) is 52.8 Å². The molecule has 23 heavy (non-hydrogen) atoms. The number of aromatic nitrogens is 1. The first-order chi connectivity index (χ1) is 11.1. The number of hydrogen-bond acceptors (Lipinski definition) is 3. The molecule has 1 aromatic carbocycles. The van der Waals surface area contributed by atoms with Crippen molar-refractivity contribution in [2.75, 3.05) is 16.8 Å². The molecule has 0 saturated carbocycles. The highest BCUT2D eigenvalue weighted by molar-refractivity contribution is 7.71. The van der Waals surface area contributed by atoms with Crippen LogP contribution in [0.3, 0.4) is 0 Å². The zero-order valence-electron chi connectivity index (χ0n) is 12.5. The molecule has 1 saturated heterocycles. The number of nitrogens with zero attached hydrogens (tertiary/aromatic N) is 1. The van der Waals surface area contributed by atoms with Gasteiger partial charge in [-0.05, 0) is 43.2 Å². The zero-order valence-corrected chi connectivity index (χ0v) is 13.4. The number of nitrogens with one attached hydrogen (secondary N) is 2. The van der Waals surface area contributed by atoms with Crippen LogP contribution in [0.5, 0.6) is 0 Å². The molecular weight excluding hydrogens is 310 g/mol. The van der Waals surface area contributed by atoms with Gasteiger partial charge in [-0.3, -0.25) is 9.59 Å². The lowest BCUT2D eigenvalue weighted by atomic mass is 10.1. The Morgan fingerprint density at radius 1 is 1.22 bits per heavy atom. The number of hydrogen-bond donors (Lipinski definition) is 2. The van der Waals surface area contributed by atoms with Crippen LogP contribution < -0.4 is 10.2 Å². The van der Waals surface area contributed by atoms with E-state index in [9.17, 15) is 9.59 Å². The molecule has 1 aliphatic rings. The van der Waals surface area contributed by atoms with E-state index in [0.29, 0.717) is 22.3 Å². The van der Waals surface area contributed by atoms with Gasteiger partial charge in [0.25, 0.3) is 5.91 Å². The number of piperidine rings is 1. The fourth-order valence-electron chi connectivity index (χ4n) is 2.63. The summed E-state index contributed by atoms with van der Waals surface area (Å²) in [5.41, 5.74) is 1.87. The molecule has 0 bridgehead atoms. The van der Waals surface area contributed by atoms with E-state index in [4.69, 9.17) is 12.2 Å². The summed E-state index contributed by atoms with van der Waals surface area (Å²) in [5.74, 6) is -0.140. The minimum absolute atomic E-state index is 0.130. The molecule has 2 heterocycles. The van der Waals surface area contributed by atoms with Crippen LogP contribution in [0.4, 0.5) is 11.4 Å². The number of aromatic amines is 1. The van der Waals surface area contributed by atoms with Crippen molar-refractivity contribution in [2.24, 2.45) is 0 Å². The van der Waals surface area contributed by atoms with Gasteiger partial charge in [-0.2, -0.15) is 0 Å². The summed E-state index contributed by atoms with van der Waals surface area (Å²) in [4.78, 5) is 28.9. The monoisotopic (exact) mass is 327 g/mol. The number of anilines is 2. The Morgan fingerprint density at radius 3 is 2.87 bits per heavy atom. The fourth-order valence-corrected chi connectivity index (χ4v) is 2.86. The predicted octanol–water partition coefficient (Wildman–Crippen LogP) is 3.51. The van der Waals surface area contributed by atoms with Crippen molar-refractivity contribution in [1.82, 2.24) is 4.98 Å². The van der Waals surface area contributed by atoms with E-state index in [1.807, 2.05) is 18.2 Å². The van der Waals surface area contributed by atoms with Gasteiger partial charge < -0.3 is 15.2 Å². The highest BCUT2D eigenvalue weighted by Gasteiger charge is 2.19. The van der Waals surface area contributed by atoms with E-state index in [0.717, 1.165) is 25.1 Å². The molecule has 2 N–H and O–H groups in total. The lowest BCUT2D eigenvalue weighted by Gasteiger charge is -2.27. The Bertz CT molecular complexity index is 800. The minimum atomic E-state index is -0.269. The summed E-state index contributed by atoms with van der Waals surface area (Å²) in [6.07, 6.45) is 4.21. The molecule has 1 aromatic heterocycles.